The topological polar surface area (TPSA) is 24.9 Å². The summed E-state index contributed by atoms with van der Waals surface area (Å²) in [4.78, 5) is 4.42. The Morgan fingerprint density at radius 3 is 2.58 bits per heavy atom. The van der Waals surface area contributed by atoms with Crippen LogP contribution in [0.1, 0.15) is 28.4 Å². The van der Waals surface area contributed by atoms with Crippen LogP contribution in [0.3, 0.4) is 0 Å². The average Bonchev–Trinajstić information content (AvgIpc) is 2.39. The number of nitrogens with zero attached hydrogens (tertiary/aromatic N) is 1. The maximum Gasteiger partial charge on any atom is 0.123 e. The molecule has 1 unspecified atom stereocenters. The van der Waals surface area contributed by atoms with E-state index in [4.69, 9.17) is 0 Å². The fraction of sp³-hybridized carbons (Fsp3) is 0.312. The number of aryl methyl sites for hydroxylation is 2. The van der Waals surface area contributed by atoms with E-state index in [9.17, 15) is 4.39 Å². The van der Waals surface area contributed by atoms with E-state index >= 15 is 0 Å². The average molecular weight is 258 g/mol. The second kappa shape index (κ2) is 5.93. The van der Waals surface area contributed by atoms with Crippen LogP contribution < -0.4 is 5.32 Å². The van der Waals surface area contributed by atoms with Crippen LogP contribution in [-0.2, 0) is 6.42 Å². The monoisotopic (exact) mass is 258 g/mol. The lowest BCUT2D eigenvalue weighted by atomic mass is 9.97. The van der Waals surface area contributed by atoms with E-state index in [1.807, 2.05) is 39.2 Å². The van der Waals surface area contributed by atoms with Gasteiger partial charge in [0.15, 0.2) is 0 Å². The summed E-state index contributed by atoms with van der Waals surface area (Å²) in [6.07, 6.45) is 2.67. The maximum absolute atomic E-state index is 13.2. The first kappa shape index (κ1) is 13.7. The van der Waals surface area contributed by atoms with Crippen molar-refractivity contribution in [3.05, 3.63) is 64.7 Å². The van der Waals surface area contributed by atoms with Crippen LogP contribution in [0, 0.1) is 19.7 Å². The smallest absolute Gasteiger partial charge is 0.123 e. The van der Waals surface area contributed by atoms with Crippen molar-refractivity contribution < 1.29 is 4.39 Å². The van der Waals surface area contributed by atoms with E-state index in [0.29, 0.717) is 0 Å². The molecule has 1 atom stereocenters. The molecule has 3 heteroatoms. The van der Waals surface area contributed by atoms with Crippen LogP contribution in [-0.4, -0.2) is 12.0 Å². The lowest BCUT2D eigenvalue weighted by molar-refractivity contribution is 0.575. The van der Waals surface area contributed by atoms with Crippen LogP contribution in [0.15, 0.2) is 36.5 Å². The number of nitrogens with one attached hydrogen (secondary N) is 1. The number of rotatable bonds is 4. The molecule has 0 spiro atoms. The molecule has 0 aliphatic rings. The van der Waals surface area contributed by atoms with Crippen molar-refractivity contribution in [3.63, 3.8) is 0 Å². The van der Waals surface area contributed by atoms with E-state index in [1.54, 1.807) is 6.07 Å². The molecule has 2 nitrogen and oxygen atoms in total. The van der Waals surface area contributed by atoms with Gasteiger partial charge in [0, 0.05) is 24.4 Å². The summed E-state index contributed by atoms with van der Waals surface area (Å²) in [6, 6.07) is 9.18. The van der Waals surface area contributed by atoms with Crippen molar-refractivity contribution in [1.82, 2.24) is 10.3 Å². The quantitative estimate of drug-likeness (QED) is 0.909. The second-order valence-electron chi connectivity index (χ2n) is 4.87. The molecule has 2 rings (SSSR count). The predicted molar refractivity (Wildman–Crippen MR) is 75.6 cm³/mol. The van der Waals surface area contributed by atoms with Gasteiger partial charge in [0.1, 0.15) is 5.82 Å². The molecular formula is C16H19FN2. The molecule has 100 valence electrons. The number of likely N-dealkylation sites (N-methyl/N-ethyl adjacent to an activating group) is 1. The molecule has 0 amide bonds. The Kier molecular flexibility index (Phi) is 4.27. The zero-order valence-electron chi connectivity index (χ0n) is 11.6. The fourth-order valence-electron chi connectivity index (χ4n) is 2.23. The summed E-state index contributed by atoms with van der Waals surface area (Å²) >= 11 is 0. The highest BCUT2D eigenvalue weighted by molar-refractivity contribution is 5.30. The van der Waals surface area contributed by atoms with Gasteiger partial charge in [-0.15, -0.1) is 0 Å². The summed E-state index contributed by atoms with van der Waals surface area (Å²) in [5.41, 5.74) is 4.27. The molecular weight excluding hydrogens is 239 g/mol. The van der Waals surface area contributed by atoms with Crippen molar-refractivity contribution in [2.75, 3.05) is 7.05 Å². The molecule has 1 aromatic carbocycles. The van der Waals surface area contributed by atoms with Gasteiger partial charge in [0.2, 0.25) is 0 Å². The van der Waals surface area contributed by atoms with Gasteiger partial charge in [0.25, 0.3) is 0 Å². The predicted octanol–water partition coefficient (Wildman–Crippen LogP) is 3.34. The van der Waals surface area contributed by atoms with Crippen molar-refractivity contribution in [2.24, 2.45) is 0 Å². The highest BCUT2D eigenvalue weighted by atomic mass is 19.1. The summed E-state index contributed by atoms with van der Waals surface area (Å²) < 4.78 is 13.2. The minimum atomic E-state index is -0.190. The third kappa shape index (κ3) is 3.38. The first-order valence-electron chi connectivity index (χ1n) is 6.45. The van der Waals surface area contributed by atoms with Crippen molar-refractivity contribution >= 4 is 0 Å². The molecule has 1 N–H and O–H groups in total. The van der Waals surface area contributed by atoms with Gasteiger partial charge in [-0.25, -0.2) is 4.39 Å². The Hall–Kier alpha value is -1.74. The van der Waals surface area contributed by atoms with Crippen LogP contribution in [0.5, 0.6) is 0 Å². The summed E-state index contributed by atoms with van der Waals surface area (Å²) in [5.74, 6) is -0.190. The van der Waals surface area contributed by atoms with Gasteiger partial charge in [-0.3, -0.25) is 4.98 Å². The van der Waals surface area contributed by atoms with Crippen LogP contribution >= 0.6 is 0 Å². The maximum atomic E-state index is 13.2. The normalized spacial score (nSPS) is 12.4. The van der Waals surface area contributed by atoms with E-state index in [1.165, 1.54) is 6.07 Å². The van der Waals surface area contributed by atoms with E-state index in [2.05, 4.69) is 16.4 Å². The Balaban J connectivity index is 2.22. The highest BCUT2D eigenvalue weighted by Crippen LogP contribution is 2.21. The first-order valence-corrected chi connectivity index (χ1v) is 6.45. The number of halogens is 1. The van der Waals surface area contributed by atoms with Crippen LogP contribution in [0.2, 0.25) is 0 Å². The van der Waals surface area contributed by atoms with Gasteiger partial charge in [0.05, 0.1) is 0 Å². The van der Waals surface area contributed by atoms with Gasteiger partial charge in [-0.05, 0) is 55.8 Å². The molecule has 1 heterocycles. The molecule has 0 radical (unpaired) electrons. The van der Waals surface area contributed by atoms with Gasteiger partial charge in [-0.1, -0.05) is 12.1 Å². The van der Waals surface area contributed by atoms with Gasteiger partial charge >= 0.3 is 0 Å². The van der Waals surface area contributed by atoms with Crippen LogP contribution in [0.4, 0.5) is 4.39 Å². The number of aromatic nitrogens is 1. The van der Waals surface area contributed by atoms with E-state index < -0.39 is 0 Å². The SMILES string of the molecule is CNC(Cc1ccc(C)cn1)c1ccc(F)cc1C. The molecule has 1 aromatic heterocycles. The van der Waals surface area contributed by atoms with E-state index in [0.717, 1.165) is 28.8 Å². The summed E-state index contributed by atoms with van der Waals surface area (Å²) in [5, 5.41) is 3.28. The zero-order chi connectivity index (χ0) is 13.8. The van der Waals surface area contributed by atoms with E-state index in [-0.39, 0.29) is 11.9 Å². The Labute approximate surface area is 113 Å². The summed E-state index contributed by atoms with van der Waals surface area (Å²) in [7, 11) is 1.92. The third-order valence-electron chi connectivity index (χ3n) is 3.34. The molecule has 0 aliphatic heterocycles. The number of pyridine rings is 1. The molecule has 0 saturated heterocycles. The van der Waals surface area contributed by atoms with Crippen LogP contribution in [0.25, 0.3) is 0 Å². The lowest BCUT2D eigenvalue weighted by Gasteiger charge is -2.18. The number of hydrogen-bond donors (Lipinski definition) is 1. The number of hydrogen-bond acceptors (Lipinski definition) is 2. The lowest BCUT2D eigenvalue weighted by Crippen LogP contribution is -2.20. The highest BCUT2D eigenvalue weighted by Gasteiger charge is 2.13. The Morgan fingerprint density at radius 2 is 2.00 bits per heavy atom. The van der Waals surface area contributed by atoms with Crippen molar-refractivity contribution in [2.45, 2.75) is 26.3 Å². The third-order valence-corrected chi connectivity index (χ3v) is 3.34. The Morgan fingerprint density at radius 1 is 1.21 bits per heavy atom. The first-order chi connectivity index (χ1) is 9.10. The summed E-state index contributed by atoms with van der Waals surface area (Å²) in [6.45, 7) is 3.96. The molecule has 2 aromatic rings. The molecule has 0 fully saturated rings. The standard InChI is InChI=1S/C16H19FN2/c1-11-4-6-14(19-10-11)9-16(18-3)15-7-5-13(17)8-12(15)2/h4-8,10,16,18H,9H2,1-3H3. The molecule has 19 heavy (non-hydrogen) atoms. The number of benzene rings is 1. The zero-order valence-corrected chi connectivity index (χ0v) is 11.6. The fourth-order valence-corrected chi connectivity index (χ4v) is 2.23. The Bertz CT molecular complexity index is 549. The molecule has 0 bridgehead atoms. The van der Waals surface area contributed by atoms with Gasteiger partial charge in [-0.2, -0.15) is 0 Å². The van der Waals surface area contributed by atoms with Crippen molar-refractivity contribution in [1.29, 1.82) is 0 Å². The molecule has 0 saturated carbocycles. The minimum absolute atomic E-state index is 0.149. The van der Waals surface area contributed by atoms with Gasteiger partial charge < -0.3 is 5.32 Å². The molecule has 0 aliphatic carbocycles. The second-order valence-corrected chi connectivity index (χ2v) is 4.87. The van der Waals surface area contributed by atoms with Crippen molar-refractivity contribution in [3.8, 4) is 0 Å². The minimum Gasteiger partial charge on any atom is -0.313 e. The largest absolute Gasteiger partial charge is 0.313 e.